The van der Waals surface area contributed by atoms with Crippen molar-refractivity contribution >= 4 is 11.8 Å². The van der Waals surface area contributed by atoms with Crippen molar-refractivity contribution in [3.8, 4) is 12.3 Å². The number of ether oxygens (including phenoxy) is 1. The van der Waals surface area contributed by atoms with Crippen LogP contribution in [-0.2, 0) is 14.3 Å². The maximum atomic E-state index is 12.1. The first-order valence-corrected chi connectivity index (χ1v) is 5.85. The lowest BCUT2D eigenvalue weighted by Gasteiger charge is -2.58. The molecule has 17 heavy (non-hydrogen) atoms. The molecule has 0 aromatic rings. The van der Waals surface area contributed by atoms with Crippen LogP contribution in [-0.4, -0.2) is 17.4 Å². The van der Waals surface area contributed by atoms with E-state index in [-0.39, 0.29) is 18.2 Å². The molecule has 3 heteroatoms. The Hall–Kier alpha value is -1.56. The average Bonchev–Trinajstić information content (AvgIpc) is 2.61. The largest absolute Gasteiger partial charge is 0.444 e. The van der Waals surface area contributed by atoms with Gasteiger partial charge in [0.15, 0.2) is 11.4 Å². The van der Waals surface area contributed by atoms with E-state index in [0.717, 1.165) is 5.57 Å². The lowest BCUT2D eigenvalue weighted by atomic mass is 9.52. The van der Waals surface area contributed by atoms with Crippen LogP contribution in [0.15, 0.2) is 11.6 Å². The summed E-state index contributed by atoms with van der Waals surface area (Å²) in [5.74, 6) is 2.36. The minimum Gasteiger partial charge on any atom is -0.444 e. The third-order valence-corrected chi connectivity index (χ3v) is 4.77. The number of fused-ring (bicyclic) bond motifs is 2. The SMILES string of the molecule is C#C[C@@]12CC[C@]3(CC(=O)C=C3C1(C)C)C(=O)O2. The maximum Gasteiger partial charge on any atom is 0.318 e. The topological polar surface area (TPSA) is 43.4 Å². The Morgan fingerprint density at radius 2 is 2.06 bits per heavy atom. The highest BCUT2D eigenvalue weighted by atomic mass is 16.6. The van der Waals surface area contributed by atoms with Gasteiger partial charge in [-0.3, -0.25) is 9.59 Å². The second-order valence-corrected chi connectivity index (χ2v) is 5.77. The van der Waals surface area contributed by atoms with Gasteiger partial charge in [-0.25, -0.2) is 0 Å². The highest BCUT2D eigenvalue weighted by Crippen LogP contribution is 2.64. The highest BCUT2D eigenvalue weighted by Gasteiger charge is 2.69. The van der Waals surface area contributed by atoms with Crippen molar-refractivity contribution < 1.29 is 14.3 Å². The van der Waals surface area contributed by atoms with E-state index < -0.39 is 16.4 Å². The Balaban J connectivity index is 2.27. The molecule has 1 spiro atoms. The van der Waals surface area contributed by atoms with E-state index in [1.165, 1.54) is 0 Å². The van der Waals surface area contributed by atoms with Crippen LogP contribution in [0, 0.1) is 23.2 Å². The standard InChI is InChI=1S/C14H14O3/c1-4-14-6-5-13(11(16)17-14)8-9(15)7-10(13)12(14,2)3/h1,7H,5-6,8H2,2-3H3/t13-,14-/m1/s1. The summed E-state index contributed by atoms with van der Waals surface area (Å²) in [4.78, 5) is 23.8. The second-order valence-electron chi connectivity index (χ2n) is 5.77. The molecule has 0 unspecified atom stereocenters. The molecule has 1 saturated carbocycles. The molecule has 2 saturated heterocycles. The van der Waals surface area contributed by atoms with Crippen LogP contribution in [0.3, 0.4) is 0 Å². The molecule has 0 amide bonds. The first-order valence-electron chi connectivity index (χ1n) is 5.85. The van der Waals surface area contributed by atoms with Crippen LogP contribution < -0.4 is 0 Å². The zero-order valence-electron chi connectivity index (χ0n) is 10.0. The van der Waals surface area contributed by atoms with Crippen molar-refractivity contribution in [1.82, 2.24) is 0 Å². The molecule has 0 radical (unpaired) electrons. The molecule has 3 nitrogen and oxygen atoms in total. The van der Waals surface area contributed by atoms with Crippen molar-refractivity contribution in [3.05, 3.63) is 11.6 Å². The smallest absolute Gasteiger partial charge is 0.318 e. The van der Waals surface area contributed by atoms with Gasteiger partial charge in [-0.2, -0.15) is 0 Å². The fourth-order valence-corrected chi connectivity index (χ4v) is 3.66. The van der Waals surface area contributed by atoms with Crippen molar-refractivity contribution in [2.75, 3.05) is 0 Å². The molecule has 4 aliphatic rings. The third kappa shape index (κ3) is 0.914. The maximum absolute atomic E-state index is 12.1. The van der Waals surface area contributed by atoms with E-state index in [1.54, 1.807) is 6.08 Å². The summed E-state index contributed by atoms with van der Waals surface area (Å²) < 4.78 is 5.52. The van der Waals surface area contributed by atoms with Crippen molar-refractivity contribution in [1.29, 1.82) is 0 Å². The van der Waals surface area contributed by atoms with Crippen LogP contribution in [0.4, 0.5) is 0 Å². The van der Waals surface area contributed by atoms with Crippen LogP contribution >= 0.6 is 0 Å². The number of hydrogen-bond acceptors (Lipinski definition) is 3. The van der Waals surface area contributed by atoms with E-state index in [1.807, 2.05) is 13.8 Å². The number of ketones is 1. The van der Waals surface area contributed by atoms with Gasteiger partial charge >= 0.3 is 5.97 Å². The molecule has 88 valence electrons. The van der Waals surface area contributed by atoms with Crippen LogP contribution in [0.1, 0.15) is 33.1 Å². The Morgan fingerprint density at radius 3 is 2.65 bits per heavy atom. The van der Waals surface area contributed by atoms with E-state index in [0.29, 0.717) is 12.8 Å². The number of carbonyl (C=O) groups excluding carboxylic acids is 2. The lowest BCUT2D eigenvalue weighted by Crippen LogP contribution is -2.63. The first-order chi connectivity index (χ1) is 7.88. The summed E-state index contributed by atoms with van der Waals surface area (Å²) in [6, 6.07) is 0. The van der Waals surface area contributed by atoms with Gasteiger partial charge in [0.05, 0.1) is 5.41 Å². The van der Waals surface area contributed by atoms with E-state index in [9.17, 15) is 9.59 Å². The van der Waals surface area contributed by atoms with Crippen molar-refractivity contribution in [3.63, 3.8) is 0 Å². The molecule has 3 fully saturated rings. The number of hydrogen-bond donors (Lipinski definition) is 0. The third-order valence-electron chi connectivity index (χ3n) is 4.77. The quantitative estimate of drug-likeness (QED) is 0.469. The molecule has 0 aromatic heterocycles. The predicted molar refractivity (Wildman–Crippen MR) is 60.8 cm³/mol. The number of esters is 1. The van der Waals surface area contributed by atoms with Crippen LogP contribution in [0.5, 0.6) is 0 Å². The first kappa shape index (κ1) is 10.6. The summed E-state index contributed by atoms with van der Waals surface area (Å²) in [6.07, 6.45) is 8.74. The Labute approximate surface area is 100 Å². The molecule has 2 heterocycles. The summed E-state index contributed by atoms with van der Waals surface area (Å²) in [5, 5.41) is 0. The van der Waals surface area contributed by atoms with Gasteiger partial charge in [-0.05, 0) is 18.1 Å². The number of allylic oxidation sites excluding steroid dienone is 1. The average molecular weight is 230 g/mol. The summed E-state index contributed by atoms with van der Waals surface area (Å²) in [5.41, 5.74) is -1.14. The fourth-order valence-electron chi connectivity index (χ4n) is 3.66. The second kappa shape index (κ2) is 2.64. The summed E-state index contributed by atoms with van der Waals surface area (Å²) >= 11 is 0. The van der Waals surface area contributed by atoms with Gasteiger partial charge in [-0.15, -0.1) is 6.42 Å². The van der Waals surface area contributed by atoms with Gasteiger partial charge in [0.25, 0.3) is 0 Å². The van der Waals surface area contributed by atoms with Crippen LogP contribution in [0.2, 0.25) is 0 Å². The predicted octanol–water partition coefficient (Wildman–Crippen LogP) is 1.62. The van der Waals surface area contributed by atoms with Gasteiger partial charge < -0.3 is 4.74 Å². The van der Waals surface area contributed by atoms with E-state index in [2.05, 4.69) is 5.92 Å². The molecule has 2 aliphatic carbocycles. The van der Waals surface area contributed by atoms with Crippen molar-refractivity contribution in [2.45, 2.75) is 38.7 Å². The lowest BCUT2D eigenvalue weighted by molar-refractivity contribution is -0.201. The molecule has 4 rings (SSSR count). The molecule has 2 atom stereocenters. The molecular weight excluding hydrogens is 216 g/mol. The molecule has 0 aromatic carbocycles. The summed E-state index contributed by atoms with van der Waals surface area (Å²) in [7, 11) is 0. The Kier molecular flexibility index (Phi) is 1.64. The number of rotatable bonds is 0. The Bertz CT molecular complexity index is 520. The van der Waals surface area contributed by atoms with Gasteiger partial charge in [0, 0.05) is 18.3 Å². The fraction of sp³-hybridized carbons (Fsp3) is 0.571. The van der Waals surface area contributed by atoms with Crippen LogP contribution in [0.25, 0.3) is 0 Å². The highest BCUT2D eigenvalue weighted by molar-refractivity contribution is 6.03. The molecule has 0 N–H and O–H groups in total. The van der Waals surface area contributed by atoms with Gasteiger partial charge in [0.1, 0.15) is 0 Å². The monoisotopic (exact) mass is 230 g/mol. The minimum absolute atomic E-state index is 0.0137. The number of carbonyl (C=O) groups is 2. The molecule has 2 bridgehead atoms. The normalized spacial score (nSPS) is 41.6. The van der Waals surface area contributed by atoms with Crippen molar-refractivity contribution in [2.24, 2.45) is 10.8 Å². The number of terminal acetylenes is 1. The minimum atomic E-state index is -0.873. The molecular formula is C14H14O3. The Morgan fingerprint density at radius 1 is 1.35 bits per heavy atom. The van der Waals surface area contributed by atoms with E-state index in [4.69, 9.17) is 11.2 Å². The zero-order valence-corrected chi connectivity index (χ0v) is 10.0. The zero-order chi connectivity index (χ0) is 12.5. The van der Waals surface area contributed by atoms with Gasteiger partial charge in [-0.1, -0.05) is 19.8 Å². The van der Waals surface area contributed by atoms with E-state index >= 15 is 0 Å². The molecule has 2 aliphatic heterocycles. The summed E-state index contributed by atoms with van der Waals surface area (Å²) in [6.45, 7) is 3.94. The van der Waals surface area contributed by atoms with Gasteiger partial charge in [0.2, 0.25) is 0 Å².